The summed E-state index contributed by atoms with van der Waals surface area (Å²) < 4.78 is 13.5. The van der Waals surface area contributed by atoms with Gasteiger partial charge in [-0.1, -0.05) is 0 Å². The molecule has 2 rings (SSSR count). The summed E-state index contributed by atoms with van der Waals surface area (Å²) >= 11 is 0. The minimum atomic E-state index is -0.929. The number of halogens is 1. The van der Waals surface area contributed by atoms with E-state index in [-0.39, 0.29) is 12.1 Å². The van der Waals surface area contributed by atoms with Crippen LogP contribution in [0.15, 0.2) is 12.3 Å². The minimum Gasteiger partial charge on any atom is -0.347 e. The zero-order chi connectivity index (χ0) is 15.4. The van der Waals surface area contributed by atoms with Crippen molar-refractivity contribution in [2.45, 2.75) is 38.0 Å². The van der Waals surface area contributed by atoms with Crippen LogP contribution in [0.2, 0.25) is 0 Å². The van der Waals surface area contributed by atoms with Crippen molar-refractivity contribution < 1.29 is 9.18 Å². The standard InChI is InChI=1S/C14H22FN5O/c1-19(2)13-16-8-7-10(17-13)9-20(3)14(21)18-12-6-4-5-11(12)15/h7-8,11-12H,4-6,9H2,1-3H3,(H,18,21)/t11-,12+/m1/s1. The van der Waals surface area contributed by atoms with Crippen LogP contribution in [0.4, 0.5) is 15.1 Å². The van der Waals surface area contributed by atoms with Gasteiger partial charge in [0.05, 0.1) is 18.3 Å². The molecule has 1 saturated carbocycles. The van der Waals surface area contributed by atoms with E-state index >= 15 is 0 Å². The average Bonchev–Trinajstić information content (AvgIpc) is 2.84. The molecule has 116 valence electrons. The summed E-state index contributed by atoms with van der Waals surface area (Å²) in [6, 6.07) is 1.14. The summed E-state index contributed by atoms with van der Waals surface area (Å²) in [5, 5.41) is 2.74. The molecule has 0 aliphatic heterocycles. The third-order valence-corrected chi connectivity index (χ3v) is 3.59. The molecule has 21 heavy (non-hydrogen) atoms. The second-order valence-corrected chi connectivity index (χ2v) is 5.60. The molecule has 0 unspecified atom stereocenters. The van der Waals surface area contributed by atoms with Gasteiger partial charge in [-0.25, -0.2) is 19.2 Å². The maximum Gasteiger partial charge on any atom is 0.317 e. The molecule has 0 saturated heterocycles. The number of hydrogen-bond donors (Lipinski definition) is 1. The van der Waals surface area contributed by atoms with Crippen molar-refractivity contribution in [1.29, 1.82) is 0 Å². The summed E-state index contributed by atoms with van der Waals surface area (Å²) in [7, 11) is 5.39. The number of nitrogens with one attached hydrogen (secondary N) is 1. The Hall–Kier alpha value is -1.92. The number of aromatic nitrogens is 2. The molecule has 1 aromatic rings. The molecule has 0 spiro atoms. The first-order valence-electron chi connectivity index (χ1n) is 7.12. The van der Waals surface area contributed by atoms with Gasteiger partial charge in [-0.2, -0.15) is 0 Å². The molecule has 1 N–H and O–H groups in total. The van der Waals surface area contributed by atoms with E-state index in [9.17, 15) is 9.18 Å². The van der Waals surface area contributed by atoms with Crippen molar-refractivity contribution in [3.63, 3.8) is 0 Å². The smallest absolute Gasteiger partial charge is 0.317 e. The topological polar surface area (TPSA) is 61.4 Å². The van der Waals surface area contributed by atoms with Crippen LogP contribution in [0.3, 0.4) is 0 Å². The highest BCUT2D eigenvalue weighted by molar-refractivity contribution is 5.74. The predicted octanol–water partition coefficient (Wildman–Crippen LogP) is 1.57. The molecule has 1 aliphatic carbocycles. The van der Waals surface area contributed by atoms with Gasteiger partial charge in [0.15, 0.2) is 0 Å². The van der Waals surface area contributed by atoms with Gasteiger partial charge in [0.1, 0.15) is 6.17 Å². The Labute approximate surface area is 124 Å². The first kappa shape index (κ1) is 15.5. The fourth-order valence-corrected chi connectivity index (χ4v) is 2.35. The maximum atomic E-state index is 13.5. The lowest BCUT2D eigenvalue weighted by molar-refractivity contribution is 0.193. The Kier molecular flexibility index (Phi) is 4.93. The van der Waals surface area contributed by atoms with Crippen LogP contribution in [0.1, 0.15) is 25.0 Å². The number of nitrogens with zero attached hydrogens (tertiary/aromatic N) is 4. The molecule has 0 aromatic carbocycles. The lowest BCUT2D eigenvalue weighted by Crippen LogP contribution is -2.44. The van der Waals surface area contributed by atoms with Gasteiger partial charge < -0.3 is 15.1 Å². The molecule has 1 aliphatic rings. The Morgan fingerprint density at radius 3 is 2.81 bits per heavy atom. The largest absolute Gasteiger partial charge is 0.347 e. The number of carbonyl (C=O) groups is 1. The zero-order valence-corrected chi connectivity index (χ0v) is 12.7. The molecule has 2 amide bonds. The SMILES string of the molecule is CN(Cc1ccnc(N(C)C)n1)C(=O)N[C@H]1CCC[C@H]1F. The van der Waals surface area contributed by atoms with Crippen LogP contribution in [0.25, 0.3) is 0 Å². The second-order valence-electron chi connectivity index (χ2n) is 5.60. The minimum absolute atomic E-state index is 0.269. The third-order valence-electron chi connectivity index (χ3n) is 3.59. The van der Waals surface area contributed by atoms with E-state index in [2.05, 4.69) is 15.3 Å². The molecular formula is C14H22FN5O. The van der Waals surface area contributed by atoms with Gasteiger partial charge in [-0.05, 0) is 25.3 Å². The number of amides is 2. The average molecular weight is 295 g/mol. The van der Waals surface area contributed by atoms with Crippen LogP contribution in [-0.4, -0.2) is 54.3 Å². The number of carbonyl (C=O) groups excluding carboxylic acids is 1. The monoisotopic (exact) mass is 295 g/mol. The predicted molar refractivity (Wildman–Crippen MR) is 78.9 cm³/mol. The summed E-state index contributed by atoms with van der Waals surface area (Å²) in [6.45, 7) is 0.360. The van der Waals surface area contributed by atoms with Gasteiger partial charge in [-0.3, -0.25) is 0 Å². The van der Waals surface area contributed by atoms with E-state index in [0.29, 0.717) is 25.3 Å². The van der Waals surface area contributed by atoms with Gasteiger partial charge in [0.2, 0.25) is 5.95 Å². The summed E-state index contributed by atoms with van der Waals surface area (Å²) in [5.74, 6) is 0.598. The van der Waals surface area contributed by atoms with Gasteiger partial charge >= 0.3 is 6.03 Å². The number of rotatable bonds is 4. The highest BCUT2D eigenvalue weighted by Gasteiger charge is 2.29. The van der Waals surface area contributed by atoms with E-state index in [1.54, 1.807) is 24.2 Å². The lowest BCUT2D eigenvalue weighted by atomic mass is 10.2. The second kappa shape index (κ2) is 6.69. The number of anilines is 1. The molecule has 0 bridgehead atoms. The molecule has 1 heterocycles. The quantitative estimate of drug-likeness (QED) is 0.916. The molecule has 0 radical (unpaired) electrons. The fraction of sp³-hybridized carbons (Fsp3) is 0.643. The van der Waals surface area contributed by atoms with Crippen LogP contribution < -0.4 is 10.2 Å². The first-order chi connectivity index (χ1) is 9.97. The van der Waals surface area contributed by atoms with Crippen LogP contribution in [0, 0.1) is 0 Å². The maximum absolute atomic E-state index is 13.5. The Balaban J connectivity index is 1.92. The van der Waals surface area contributed by atoms with E-state index in [0.717, 1.165) is 12.1 Å². The molecule has 6 nitrogen and oxygen atoms in total. The van der Waals surface area contributed by atoms with Crippen molar-refractivity contribution in [3.8, 4) is 0 Å². The zero-order valence-electron chi connectivity index (χ0n) is 12.7. The molecule has 2 atom stereocenters. The van der Waals surface area contributed by atoms with Gasteiger partial charge in [-0.15, -0.1) is 0 Å². The summed E-state index contributed by atoms with van der Waals surface area (Å²) in [4.78, 5) is 23.9. The summed E-state index contributed by atoms with van der Waals surface area (Å²) in [6.07, 6.45) is 2.80. The lowest BCUT2D eigenvalue weighted by Gasteiger charge is -2.22. The van der Waals surface area contributed by atoms with Crippen molar-refractivity contribution in [3.05, 3.63) is 18.0 Å². The van der Waals surface area contributed by atoms with E-state index in [1.807, 2.05) is 14.1 Å². The number of hydrogen-bond acceptors (Lipinski definition) is 4. The highest BCUT2D eigenvalue weighted by atomic mass is 19.1. The van der Waals surface area contributed by atoms with Crippen LogP contribution >= 0.6 is 0 Å². The highest BCUT2D eigenvalue weighted by Crippen LogP contribution is 2.22. The number of alkyl halides is 1. The number of urea groups is 1. The summed E-state index contributed by atoms with van der Waals surface area (Å²) in [5.41, 5.74) is 0.745. The molecule has 7 heteroatoms. The van der Waals surface area contributed by atoms with E-state index < -0.39 is 6.17 Å². The van der Waals surface area contributed by atoms with Crippen LogP contribution in [-0.2, 0) is 6.54 Å². The third kappa shape index (κ3) is 4.03. The van der Waals surface area contributed by atoms with Crippen LogP contribution in [0.5, 0.6) is 0 Å². The Morgan fingerprint density at radius 1 is 1.43 bits per heavy atom. The normalized spacial score (nSPS) is 21.1. The Bertz CT molecular complexity index is 496. The van der Waals surface area contributed by atoms with E-state index in [4.69, 9.17) is 0 Å². The van der Waals surface area contributed by atoms with Crippen molar-refractivity contribution in [2.24, 2.45) is 0 Å². The molecule has 1 aromatic heterocycles. The first-order valence-corrected chi connectivity index (χ1v) is 7.12. The Morgan fingerprint density at radius 2 is 2.19 bits per heavy atom. The van der Waals surface area contributed by atoms with Crippen molar-refractivity contribution >= 4 is 12.0 Å². The van der Waals surface area contributed by atoms with E-state index in [1.165, 1.54) is 4.90 Å². The van der Waals surface area contributed by atoms with Gasteiger partial charge in [0.25, 0.3) is 0 Å². The van der Waals surface area contributed by atoms with Gasteiger partial charge in [0, 0.05) is 27.3 Å². The molecular weight excluding hydrogens is 273 g/mol. The van der Waals surface area contributed by atoms with Crippen molar-refractivity contribution in [1.82, 2.24) is 20.2 Å². The fourth-order valence-electron chi connectivity index (χ4n) is 2.35. The molecule has 1 fully saturated rings. The van der Waals surface area contributed by atoms with Crippen molar-refractivity contribution in [2.75, 3.05) is 26.0 Å².